The predicted molar refractivity (Wildman–Crippen MR) is 96.4 cm³/mol. The standard InChI is InChI=1S/C18H26N2O3S/c1-3-10-19-17(21)13(2)20-18(22)15-8-4-5-9-16(15)24-12-14-7-6-11-23-14/h4-5,8-9,13-14H,3,6-7,10-12H2,1-2H3,(H,19,21)(H,20,22). The van der Waals surface area contributed by atoms with Crippen LogP contribution in [0.1, 0.15) is 43.5 Å². The molecule has 0 aromatic heterocycles. The Balaban J connectivity index is 1.94. The number of nitrogens with one attached hydrogen (secondary N) is 2. The Bertz CT molecular complexity index is 559. The zero-order valence-corrected chi connectivity index (χ0v) is 15.2. The molecule has 2 atom stereocenters. The number of hydrogen-bond acceptors (Lipinski definition) is 4. The molecule has 0 radical (unpaired) electrons. The molecule has 1 heterocycles. The molecule has 2 amide bonds. The second-order valence-corrected chi connectivity index (χ2v) is 6.99. The van der Waals surface area contributed by atoms with Crippen molar-refractivity contribution in [1.82, 2.24) is 10.6 Å². The molecule has 0 saturated carbocycles. The van der Waals surface area contributed by atoms with E-state index in [4.69, 9.17) is 4.74 Å². The van der Waals surface area contributed by atoms with Crippen molar-refractivity contribution in [3.05, 3.63) is 29.8 Å². The van der Waals surface area contributed by atoms with E-state index < -0.39 is 6.04 Å². The molecule has 2 N–H and O–H groups in total. The number of hydrogen-bond donors (Lipinski definition) is 2. The number of thioether (sulfide) groups is 1. The van der Waals surface area contributed by atoms with Crippen molar-refractivity contribution in [3.8, 4) is 0 Å². The molecule has 1 fully saturated rings. The van der Waals surface area contributed by atoms with Crippen LogP contribution in [0, 0.1) is 0 Å². The minimum absolute atomic E-state index is 0.158. The van der Waals surface area contributed by atoms with Crippen LogP contribution in [0.4, 0.5) is 0 Å². The van der Waals surface area contributed by atoms with E-state index in [2.05, 4.69) is 10.6 Å². The Morgan fingerprint density at radius 2 is 2.17 bits per heavy atom. The van der Waals surface area contributed by atoms with Gasteiger partial charge in [-0.05, 0) is 38.3 Å². The molecule has 2 unspecified atom stereocenters. The summed E-state index contributed by atoms with van der Waals surface area (Å²) in [6.07, 6.45) is 3.33. The van der Waals surface area contributed by atoms with Crippen molar-refractivity contribution in [1.29, 1.82) is 0 Å². The van der Waals surface area contributed by atoms with Crippen LogP contribution in [-0.4, -0.2) is 42.9 Å². The maximum absolute atomic E-state index is 12.5. The molecule has 6 heteroatoms. The molecule has 24 heavy (non-hydrogen) atoms. The first-order chi connectivity index (χ1) is 11.6. The minimum Gasteiger partial charge on any atom is -0.377 e. The van der Waals surface area contributed by atoms with Crippen LogP contribution >= 0.6 is 11.8 Å². The summed E-state index contributed by atoms with van der Waals surface area (Å²) in [5.74, 6) is 0.468. The molecule has 0 bridgehead atoms. The highest BCUT2D eigenvalue weighted by Gasteiger charge is 2.20. The fourth-order valence-corrected chi connectivity index (χ4v) is 3.60. The van der Waals surface area contributed by atoms with Gasteiger partial charge >= 0.3 is 0 Å². The van der Waals surface area contributed by atoms with Crippen LogP contribution < -0.4 is 10.6 Å². The lowest BCUT2D eigenvalue weighted by Crippen LogP contribution is -2.45. The zero-order valence-electron chi connectivity index (χ0n) is 14.3. The quantitative estimate of drug-likeness (QED) is 0.707. The molecule has 132 valence electrons. The number of rotatable bonds is 8. The first kappa shape index (κ1) is 18.8. The van der Waals surface area contributed by atoms with Gasteiger partial charge in [-0.3, -0.25) is 9.59 Å². The predicted octanol–water partition coefficient (Wildman–Crippen LogP) is 2.60. The van der Waals surface area contributed by atoms with Gasteiger partial charge in [0.1, 0.15) is 6.04 Å². The average Bonchev–Trinajstić information content (AvgIpc) is 3.11. The molecule has 1 aliphatic heterocycles. The van der Waals surface area contributed by atoms with Gasteiger partial charge in [0.05, 0.1) is 11.7 Å². The van der Waals surface area contributed by atoms with E-state index in [-0.39, 0.29) is 17.9 Å². The Hall–Kier alpha value is -1.53. The third kappa shape index (κ3) is 5.53. The van der Waals surface area contributed by atoms with Gasteiger partial charge in [-0.2, -0.15) is 0 Å². The molecule has 2 rings (SSSR count). The molecule has 1 aliphatic rings. The van der Waals surface area contributed by atoms with Crippen molar-refractivity contribution in [2.24, 2.45) is 0 Å². The van der Waals surface area contributed by atoms with E-state index in [0.717, 1.165) is 36.5 Å². The van der Waals surface area contributed by atoms with Crippen LogP contribution in [0.25, 0.3) is 0 Å². The highest BCUT2D eigenvalue weighted by atomic mass is 32.2. The Kier molecular flexibility index (Phi) is 7.59. The number of ether oxygens (including phenoxy) is 1. The first-order valence-corrected chi connectivity index (χ1v) is 9.52. The van der Waals surface area contributed by atoms with Crippen molar-refractivity contribution in [2.45, 2.75) is 50.2 Å². The van der Waals surface area contributed by atoms with E-state index in [0.29, 0.717) is 12.1 Å². The smallest absolute Gasteiger partial charge is 0.253 e. The Labute approximate surface area is 147 Å². The molecular formula is C18H26N2O3S. The van der Waals surface area contributed by atoms with Crippen molar-refractivity contribution in [3.63, 3.8) is 0 Å². The zero-order chi connectivity index (χ0) is 17.4. The molecular weight excluding hydrogens is 324 g/mol. The van der Waals surface area contributed by atoms with Gasteiger partial charge in [-0.15, -0.1) is 11.8 Å². The van der Waals surface area contributed by atoms with Gasteiger partial charge in [-0.1, -0.05) is 19.1 Å². The topological polar surface area (TPSA) is 67.4 Å². The summed E-state index contributed by atoms with van der Waals surface area (Å²) in [4.78, 5) is 25.3. The van der Waals surface area contributed by atoms with Gasteiger partial charge in [0, 0.05) is 23.8 Å². The van der Waals surface area contributed by atoms with Crippen LogP contribution in [0.15, 0.2) is 29.2 Å². The first-order valence-electron chi connectivity index (χ1n) is 8.53. The number of amides is 2. The number of carbonyl (C=O) groups is 2. The Morgan fingerprint density at radius 1 is 1.38 bits per heavy atom. The summed E-state index contributed by atoms with van der Waals surface area (Å²) in [5, 5.41) is 5.57. The third-order valence-electron chi connectivity index (χ3n) is 3.87. The number of benzene rings is 1. The van der Waals surface area contributed by atoms with Crippen LogP contribution in [0.5, 0.6) is 0 Å². The number of carbonyl (C=O) groups excluding carboxylic acids is 2. The second-order valence-electron chi connectivity index (χ2n) is 5.93. The van der Waals surface area contributed by atoms with Gasteiger partial charge in [0.15, 0.2) is 0 Å². The molecule has 1 saturated heterocycles. The third-order valence-corrected chi connectivity index (χ3v) is 5.08. The average molecular weight is 350 g/mol. The van der Waals surface area contributed by atoms with Gasteiger partial charge < -0.3 is 15.4 Å². The maximum atomic E-state index is 12.5. The summed E-state index contributed by atoms with van der Waals surface area (Å²) in [6, 6.07) is 6.94. The summed E-state index contributed by atoms with van der Waals surface area (Å²) in [7, 11) is 0. The highest BCUT2D eigenvalue weighted by Crippen LogP contribution is 2.26. The van der Waals surface area contributed by atoms with Crippen LogP contribution in [0.3, 0.4) is 0 Å². The lowest BCUT2D eigenvalue weighted by molar-refractivity contribution is -0.122. The van der Waals surface area contributed by atoms with E-state index in [1.54, 1.807) is 24.8 Å². The summed E-state index contributed by atoms with van der Waals surface area (Å²) < 4.78 is 5.63. The SMILES string of the molecule is CCCNC(=O)C(C)NC(=O)c1ccccc1SCC1CCCO1. The highest BCUT2D eigenvalue weighted by molar-refractivity contribution is 7.99. The van der Waals surface area contributed by atoms with E-state index >= 15 is 0 Å². The van der Waals surface area contributed by atoms with Gasteiger partial charge in [-0.25, -0.2) is 0 Å². The molecule has 0 spiro atoms. The van der Waals surface area contributed by atoms with E-state index in [1.165, 1.54) is 0 Å². The van der Waals surface area contributed by atoms with Gasteiger partial charge in [0.2, 0.25) is 5.91 Å². The minimum atomic E-state index is -0.555. The fourth-order valence-electron chi connectivity index (χ4n) is 2.48. The largest absolute Gasteiger partial charge is 0.377 e. The summed E-state index contributed by atoms with van der Waals surface area (Å²) in [5.41, 5.74) is 0.607. The fraction of sp³-hybridized carbons (Fsp3) is 0.556. The summed E-state index contributed by atoms with van der Waals surface area (Å²) in [6.45, 7) is 5.14. The molecule has 5 nitrogen and oxygen atoms in total. The molecule has 0 aliphatic carbocycles. The van der Waals surface area contributed by atoms with Crippen molar-refractivity contribution >= 4 is 23.6 Å². The lowest BCUT2D eigenvalue weighted by Gasteiger charge is -2.16. The molecule has 1 aromatic carbocycles. The van der Waals surface area contributed by atoms with Crippen LogP contribution in [0.2, 0.25) is 0 Å². The van der Waals surface area contributed by atoms with Gasteiger partial charge in [0.25, 0.3) is 5.91 Å². The van der Waals surface area contributed by atoms with E-state index in [1.807, 2.05) is 25.1 Å². The van der Waals surface area contributed by atoms with Crippen molar-refractivity contribution in [2.75, 3.05) is 18.9 Å². The molecule has 1 aromatic rings. The normalized spacial score (nSPS) is 18.2. The van der Waals surface area contributed by atoms with Crippen LogP contribution in [-0.2, 0) is 9.53 Å². The summed E-state index contributed by atoms with van der Waals surface area (Å²) >= 11 is 1.64. The Morgan fingerprint density at radius 3 is 2.88 bits per heavy atom. The second kappa shape index (κ2) is 9.69. The maximum Gasteiger partial charge on any atom is 0.253 e. The lowest BCUT2D eigenvalue weighted by atomic mass is 10.2. The monoisotopic (exact) mass is 350 g/mol. The van der Waals surface area contributed by atoms with E-state index in [9.17, 15) is 9.59 Å². The van der Waals surface area contributed by atoms with Crippen molar-refractivity contribution < 1.29 is 14.3 Å².